The zero-order valence-corrected chi connectivity index (χ0v) is 9.61. The number of hydrogen-bond donors (Lipinski definition) is 1. The van der Waals surface area contributed by atoms with Crippen LogP contribution in [0.15, 0.2) is 18.5 Å². The van der Waals surface area contributed by atoms with Crippen molar-refractivity contribution < 1.29 is 0 Å². The van der Waals surface area contributed by atoms with E-state index in [1.807, 2.05) is 24.1 Å². The molecule has 0 aliphatic carbocycles. The molecule has 3 rings (SSSR count). The predicted octanol–water partition coefficient (Wildman–Crippen LogP) is 2.05. The molecule has 14 heavy (non-hydrogen) atoms. The fourth-order valence-electron chi connectivity index (χ4n) is 1.71. The van der Waals surface area contributed by atoms with Crippen molar-refractivity contribution in [1.82, 2.24) is 19.7 Å². The quantitative estimate of drug-likeness (QED) is 0.646. The van der Waals surface area contributed by atoms with Crippen molar-refractivity contribution in [3.05, 3.63) is 22.2 Å². The molecule has 4 nitrogen and oxygen atoms in total. The third-order valence-electron chi connectivity index (χ3n) is 2.32. The molecule has 0 bridgehead atoms. The first-order valence-corrected chi connectivity index (χ1v) is 5.28. The maximum atomic E-state index is 4.33. The highest BCUT2D eigenvalue weighted by Gasteiger charge is 2.07. The van der Waals surface area contributed by atoms with Gasteiger partial charge in [0.05, 0.1) is 15.4 Å². The van der Waals surface area contributed by atoms with Crippen LogP contribution in [0, 0.1) is 3.70 Å². The van der Waals surface area contributed by atoms with Crippen LogP contribution in [0.4, 0.5) is 0 Å². The van der Waals surface area contributed by atoms with Crippen LogP contribution in [0.5, 0.6) is 0 Å². The van der Waals surface area contributed by atoms with Crippen LogP contribution in [0.2, 0.25) is 0 Å². The zero-order chi connectivity index (χ0) is 9.71. The minimum absolute atomic E-state index is 0.922. The molecular formula is C9H7IN4. The second kappa shape index (κ2) is 2.69. The first-order chi connectivity index (χ1) is 6.75. The van der Waals surface area contributed by atoms with Crippen molar-refractivity contribution in [1.29, 1.82) is 0 Å². The lowest BCUT2D eigenvalue weighted by Crippen LogP contribution is -1.89. The standard InChI is InChI=1S/C9H7IN4/c1-14-8-5(4-12-14)3-11-9-6(8)2-7(10)13-9/h2-4H,1H3,(H,11,13). The minimum atomic E-state index is 0.922. The van der Waals surface area contributed by atoms with Crippen LogP contribution in [0.1, 0.15) is 0 Å². The molecule has 1 N–H and O–H groups in total. The van der Waals surface area contributed by atoms with E-state index in [0.29, 0.717) is 0 Å². The van der Waals surface area contributed by atoms with Crippen molar-refractivity contribution >= 4 is 44.5 Å². The van der Waals surface area contributed by atoms with Crippen LogP contribution in [-0.4, -0.2) is 19.7 Å². The Morgan fingerprint density at radius 1 is 1.43 bits per heavy atom. The molecule has 0 atom stereocenters. The molecule has 0 saturated heterocycles. The van der Waals surface area contributed by atoms with Gasteiger partial charge in [-0.1, -0.05) is 0 Å². The number of halogens is 1. The van der Waals surface area contributed by atoms with Gasteiger partial charge >= 0.3 is 0 Å². The monoisotopic (exact) mass is 298 g/mol. The number of aryl methyl sites for hydroxylation is 1. The number of rotatable bonds is 0. The van der Waals surface area contributed by atoms with E-state index < -0.39 is 0 Å². The Morgan fingerprint density at radius 3 is 3.14 bits per heavy atom. The summed E-state index contributed by atoms with van der Waals surface area (Å²) in [5, 5.41) is 6.43. The van der Waals surface area contributed by atoms with Gasteiger partial charge in [0.25, 0.3) is 0 Å². The van der Waals surface area contributed by atoms with Crippen molar-refractivity contribution in [2.45, 2.75) is 0 Å². The van der Waals surface area contributed by atoms with Gasteiger partial charge in [0.1, 0.15) is 5.65 Å². The molecule has 0 aliphatic rings. The molecule has 0 aliphatic heterocycles. The van der Waals surface area contributed by atoms with E-state index in [-0.39, 0.29) is 0 Å². The highest BCUT2D eigenvalue weighted by molar-refractivity contribution is 14.1. The topological polar surface area (TPSA) is 46.5 Å². The number of pyridine rings is 1. The fourth-order valence-corrected chi connectivity index (χ4v) is 2.27. The Bertz CT molecular complexity index is 622. The Hall–Kier alpha value is -1.11. The van der Waals surface area contributed by atoms with Crippen molar-refractivity contribution in [2.24, 2.45) is 7.05 Å². The number of fused-ring (bicyclic) bond motifs is 3. The summed E-state index contributed by atoms with van der Waals surface area (Å²) >= 11 is 2.25. The molecule has 0 radical (unpaired) electrons. The number of aromatic nitrogens is 4. The van der Waals surface area contributed by atoms with Crippen LogP contribution >= 0.6 is 22.6 Å². The average Bonchev–Trinajstić information content (AvgIpc) is 2.68. The number of nitrogens with one attached hydrogen (secondary N) is 1. The van der Waals surface area contributed by atoms with Gasteiger partial charge in [-0.3, -0.25) is 4.68 Å². The zero-order valence-electron chi connectivity index (χ0n) is 7.45. The third kappa shape index (κ3) is 0.985. The number of H-pyrrole nitrogens is 1. The summed E-state index contributed by atoms with van der Waals surface area (Å²) in [4.78, 5) is 7.53. The summed E-state index contributed by atoms with van der Waals surface area (Å²) < 4.78 is 2.97. The van der Waals surface area contributed by atoms with E-state index in [9.17, 15) is 0 Å². The molecule has 0 amide bonds. The lowest BCUT2D eigenvalue weighted by Gasteiger charge is -1.94. The van der Waals surface area contributed by atoms with Crippen molar-refractivity contribution in [3.63, 3.8) is 0 Å². The van der Waals surface area contributed by atoms with Crippen LogP contribution in [0.25, 0.3) is 21.9 Å². The van der Waals surface area contributed by atoms with E-state index in [1.165, 1.54) is 0 Å². The van der Waals surface area contributed by atoms with Gasteiger partial charge < -0.3 is 4.98 Å². The van der Waals surface area contributed by atoms with Crippen LogP contribution in [0.3, 0.4) is 0 Å². The van der Waals surface area contributed by atoms with E-state index in [2.05, 4.69) is 43.7 Å². The summed E-state index contributed by atoms with van der Waals surface area (Å²) in [6, 6.07) is 2.09. The molecule has 0 aromatic carbocycles. The summed E-state index contributed by atoms with van der Waals surface area (Å²) in [7, 11) is 1.95. The van der Waals surface area contributed by atoms with Crippen molar-refractivity contribution in [3.8, 4) is 0 Å². The lowest BCUT2D eigenvalue weighted by atomic mass is 10.2. The van der Waals surface area contributed by atoms with E-state index in [4.69, 9.17) is 0 Å². The average molecular weight is 298 g/mol. The van der Waals surface area contributed by atoms with Gasteiger partial charge in [0, 0.05) is 24.0 Å². The molecule has 3 heterocycles. The highest BCUT2D eigenvalue weighted by atomic mass is 127. The smallest absolute Gasteiger partial charge is 0.140 e. The molecule has 70 valence electrons. The van der Waals surface area contributed by atoms with Crippen LogP contribution in [-0.2, 0) is 7.05 Å². The second-order valence-corrected chi connectivity index (χ2v) is 4.37. The second-order valence-electron chi connectivity index (χ2n) is 3.21. The summed E-state index contributed by atoms with van der Waals surface area (Å²) in [6.45, 7) is 0. The Morgan fingerprint density at radius 2 is 2.29 bits per heavy atom. The van der Waals surface area contributed by atoms with Gasteiger partial charge in [-0.15, -0.1) is 0 Å². The molecule has 0 spiro atoms. The lowest BCUT2D eigenvalue weighted by molar-refractivity contribution is 0.799. The number of hydrogen-bond acceptors (Lipinski definition) is 2. The van der Waals surface area contributed by atoms with Crippen LogP contribution < -0.4 is 0 Å². The first kappa shape index (κ1) is 8.22. The SMILES string of the molecule is Cn1ncc2cnc3[nH]c(I)cc3c21. The first-order valence-electron chi connectivity index (χ1n) is 4.20. The van der Waals surface area contributed by atoms with Gasteiger partial charge in [-0.2, -0.15) is 5.10 Å². The van der Waals surface area contributed by atoms with Gasteiger partial charge in [-0.25, -0.2) is 4.98 Å². The summed E-state index contributed by atoms with van der Waals surface area (Å²) in [5.41, 5.74) is 2.06. The molecule has 3 aromatic rings. The molecule has 5 heteroatoms. The molecular weight excluding hydrogens is 291 g/mol. The maximum Gasteiger partial charge on any atom is 0.140 e. The Kier molecular flexibility index (Phi) is 1.58. The van der Waals surface area contributed by atoms with E-state index in [0.717, 1.165) is 25.6 Å². The Balaban J connectivity index is 2.64. The maximum absolute atomic E-state index is 4.33. The number of aromatic amines is 1. The minimum Gasteiger partial charge on any atom is -0.335 e. The Labute approximate surface area is 93.5 Å². The summed E-state index contributed by atoms with van der Waals surface area (Å²) in [5.74, 6) is 0. The third-order valence-corrected chi connectivity index (χ3v) is 2.90. The number of nitrogens with zero attached hydrogens (tertiary/aromatic N) is 3. The molecule has 0 fully saturated rings. The van der Waals surface area contributed by atoms with Gasteiger partial charge in [-0.05, 0) is 28.7 Å². The van der Waals surface area contributed by atoms with E-state index in [1.54, 1.807) is 0 Å². The largest absolute Gasteiger partial charge is 0.335 e. The normalized spacial score (nSPS) is 11.6. The molecule has 3 aromatic heterocycles. The van der Waals surface area contributed by atoms with Crippen molar-refractivity contribution in [2.75, 3.05) is 0 Å². The van der Waals surface area contributed by atoms with Gasteiger partial charge in [0.2, 0.25) is 0 Å². The molecule has 0 unspecified atom stereocenters. The summed E-state index contributed by atoms with van der Waals surface area (Å²) in [6.07, 6.45) is 3.68. The highest BCUT2D eigenvalue weighted by Crippen LogP contribution is 2.23. The van der Waals surface area contributed by atoms with Gasteiger partial charge in [0.15, 0.2) is 0 Å². The molecule has 0 saturated carbocycles. The predicted molar refractivity (Wildman–Crippen MR) is 63.1 cm³/mol. The fraction of sp³-hybridized carbons (Fsp3) is 0.111. The van der Waals surface area contributed by atoms with E-state index >= 15 is 0 Å².